The number of fused-ring (bicyclic) bond motifs is 1. The van der Waals surface area contributed by atoms with Crippen LogP contribution in [0.3, 0.4) is 0 Å². The Balaban J connectivity index is 2.19. The van der Waals surface area contributed by atoms with Gasteiger partial charge in [-0.1, -0.05) is 12.1 Å². The summed E-state index contributed by atoms with van der Waals surface area (Å²) in [6, 6.07) is 7.74. The van der Waals surface area contributed by atoms with Gasteiger partial charge in [-0.05, 0) is 12.1 Å². The predicted octanol–water partition coefficient (Wildman–Crippen LogP) is 2.23. The Hall–Kier alpha value is -1.42. The van der Waals surface area contributed by atoms with Crippen LogP contribution in [0.4, 0.5) is 0 Å². The first-order chi connectivity index (χ1) is 7.29. The number of hydrogen-bond acceptors (Lipinski definition) is 4. The van der Waals surface area contributed by atoms with Crippen LogP contribution in [0.5, 0.6) is 5.75 Å². The number of carbonyl (C=O) groups is 1. The van der Waals surface area contributed by atoms with Crippen molar-refractivity contribution >= 4 is 17.7 Å². The SMILES string of the molecule is COC(=O)/C=C1/CSc2ccccc2O1. The van der Waals surface area contributed by atoms with Crippen LogP contribution in [0.1, 0.15) is 0 Å². The molecular weight excluding hydrogens is 212 g/mol. The third kappa shape index (κ3) is 2.33. The van der Waals surface area contributed by atoms with Crippen LogP contribution in [0, 0.1) is 0 Å². The maximum atomic E-state index is 11.0. The zero-order chi connectivity index (χ0) is 10.7. The molecule has 0 spiro atoms. The molecule has 78 valence electrons. The molecule has 0 fully saturated rings. The minimum Gasteiger partial charge on any atom is -0.466 e. The number of hydrogen-bond donors (Lipinski definition) is 0. The summed E-state index contributed by atoms with van der Waals surface area (Å²) in [4.78, 5) is 12.1. The number of rotatable bonds is 1. The molecule has 0 amide bonds. The molecule has 1 aromatic rings. The molecule has 0 aliphatic carbocycles. The van der Waals surface area contributed by atoms with Crippen molar-refractivity contribution in [3.8, 4) is 5.75 Å². The fourth-order valence-electron chi connectivity index (χ4n) is 1.23. The molecule has 0 atom stereocenters. The lowest BCUT2D eigenvalue weighted by Gasteiger charge is -2.18. The lowest BCUT2D eigenvalue weighted by molar-refractivity contribution is -0.135. The van der Waals surface area contributed by atoms with E-state index in [4.69, 9.17) is 4.74 Å². The van der Waals surface area contributed by atoms with Crippen molar-refractivity contribution in [2.75, 3.05) is 12.9 Å². The van der Waals surface area contributed by atoms with E-state index in [0.717, 1.165) is 10.6 Å². The van der Waals surface area contributed by atoms with Gasteiger partial charge in [0, 0.05) is 0 Å². The van der Waals surface area contributed by atoms with E-state index >= 15 is 0 Å². The predicted molar refractivity (Wildman–Crippen MR) is 57.9 cm³/mol. The van der Waals surface area contributed by atoms with Crippen LogP contribution in [0.25, 0.3) is 0 Å². The Morgan fingerprint density at radius 1 is 1.53 bits per heavy atom. The zero-order valence-corrected chi connectivity index (χ0v) is 9.04. The minimum atomic E-state index is -0.384. The summed E-state index contributed by atoms with van der Waals surface area (Å²) >= 11 is 1.65. The van der Waals surface area contributed by atoms with Gasteiger partial charge in [0.25, 0.3) is 0 Å². The van der Waals surface area contributed by atoms with Gasteiger partial charge in [0.15, 0.2) is 0 Å². The normalized spacial score (nSPS) is 16.7. The number of methoxy groups -OCH3 is 1. The second-order valence-electron chi connectivity index (χ2n) is 2.97. The van der Waals surface area contributed by atoms with E-state index in [0.29, 0.717) is 11.5 Å². The topological polar surface area (TPSA) is 35.5 Å². The van der Waals surface area contributed by atoms with Gasteiger partial charge >= 0.3 is 5.97 Å². The highest BCUT2D eigenvalue weighted by atomic mass is 32.2. The van der Waals surface area contributed by atoms with Gasteiger partial charge < -0.3 is 9.47 Å². The molecule has 1 aromatic carbocycles. The summed E-state index contributed by atoms with van der Waals surface area (Å²) in [7, 11) is 1.35. The van der Waals surface area contributed by atoms with Gasteiger partial charge in [0.2, 0.25) is 0 Å². The van der Waals surface area contributed by atoms with Gasteiger partial charge in [-0.2, -0.15) is 0 Å². The highest BCUT2D eigenvalue weighted by Crippen LogP contribution is 2.36. The van der Waals surface area contributed by atoms with E-state index in [1.54, 1.807) is 11.8 Å². The Labute approximate surface area is 92.1 Å². The van der Waals surface area contributed by atoms with Gasteiger partial charge in [-0.25, -0.2) is 4.79 Å². The summed E-state index contributed by atoms with van der Waals surface area (Å²) in [5, 5.41) is 0. The Morgan fingerprint density at radius 2 is 2.33 bits per heavy atom. The maximum Gasteiger partial charge on any atom is 0.333 e. The van der Waals surface area contributed by atoms with E-state index in [1.807, 2.05) is 24.3 Å². The van der Waals surface area contributed by atoms with Crippen LogP contribution in [0.2, 0.25) is 0 Å². The van der Waals surface area contributed by atoms with Crippen LogP contribution >= 0.6 is 11.8 Å². The summed E-state index contributed by atoms with van der Waals surface area (Å²) in [6.07, 6.45) is 1.38. The lowest BCUT2D eigenvalue weighted by Crippen LogP contribution is -2.08. The average molecular weight is 222 g/mol. The van der Waals surface area contributed by atoms with E-state index in [-0.39, 0.29) is 5.97 Å². The Kier molecular flexibility index (Phi) is 2.97. The van der Waals surface area contributed by atoms with Crippen molar-refractivity contribution in [2.24, 2.45) is 0 Å². The van der Waals surface area contributed by atoms with E-state index in [1.165, 1.54) is 13.2 Å². The van der Waals surface area contributed by atoms with Crippen molar-refractivity contribution < 1.29 is 14.3 Å². The smallest absolute Gasteiger partial charge is 0.333 e. The molecule has 1 aliphatic rings. The molecule has 1 aliphatic heterocycles. The average Bonchev–Trinajstić information content (AvgIpc) is 2.29. The second kappa shape index (κ2) is 4.40. The largest absolute Gasteiger partial charge is 0.466 e. The second-order valence-corrected chi connectivity index (χ2v) is 3.99. The lowest BCUT2D eigenvalue weighted by atomic mass is 10.3. The number of benzene rings is 1. The summed E-state index contributed by atoms with van der Waals surface area (Å²) in [6.45, 7) is 0. The van der Waals surface area contributed by atoms with Gasteiger partial charge in [-0.15, -0.1) is 11.8 Å². The quantitative estimate of drug-likeness (QED) is 0.539. The molecular formula is C11H10O3S. The summed E-state index contributed by atoms with van der Waals surface area (Å²) in [5.41, 5.74) is 0. The van der Waals surface area contributed by atoms with E-state index in [9.17, 15) is 4.79 Å². The molecule has 0 aromatic heterocycles. The van der Waals surface area contributed by atoms with E-state index in [2.05, 4.69) is 4.74 Å². The number of ether oxygens (including phenoxy) is 2. The number of thioether (sulfide) groups is 1. The molecule has 3 nitrogen and oxygen atoms in total. The van der Waals surface area contributed by atoms with Crippen molar-refractivity contribution in [3.05, 3.63) is 36.1 Å². The third-order valence-corrected chi connectivity index (χ3v) is 3.02. The molecule has 0 saturated heterocycles. The van der Waals surface area contributed by atoms with Crippen LogP contribution < -0.4 is 4.74 Å². The molecule has 4 heteroatoms. The molecule has 0 N–H and O–H groups in total. The molecule has 2 rings (SSSR count). The monoisotopic (exact) mass is 222 g/mol. The minimum absolute atomic E-state index is 0.384. The standard InChI is InChI=1S/C11H10O3S/c1-13-11(12)6-8-7-15-10-5-3-2-4-9(10)14-8/h2-6H,7H2,1H3/b8-6-. The number of esters is 1. The molecule has 0 unspecified atom stereocenters. The number of carbonyl (C=O) groups excluding carboxylic acids is 1. The van der Waals surface area contributed by atoms with Gasteiger partial charge in [0.1, 0.15) is 11.5 Å². The van der Waals surface area contributed by atoms with Crippen molar-refractivity contribution in [1.29, 1.82) is 0 Å². The Bertz CT molecular complexity index is 412. The molecule has 0 radical (unpaired) electrons. The van der Waals surface area contributed by atoms with Crippen LogP contribution in [0.15, 0.2) is 41.0 Å². The van der Waals surface area contributed by atoms with Gasteiger partial charge in [-0.3, -0.25) is 0 Å². The highest BCUT2D eigenvalue weighted by Gasteiger charge is 2.15. The summed E-state index contributed by atoms with van der Waals surface area (Å²) < 4.78 is 10.1. The molecule has 0 bridgehead atoms. The molecule has 0 saturated carbocycles. The first-order valence-corrected chi connectivity index (χ1v) is 5.46. The fraction of sp³-hybridized carbons (Fsp3) is 0.182. The zero-order valence-electron chi connectivity index (χ0n) is 8.23. The fourth-order valence-corrected chi connectivity index (χ4v) is 2.10. The Morgan fingerprint density at radius 3 is 3.13 bits per heavy atom. The molecule has 15 heavy (non-hydrogen) atoms. The highest BCUT2D eigenvalue weighted by molar-refractivity contribution is 7.99. The van der Waals surface area contributed by atoms with E-state index < -0.39 is 0 Å². The van der Waals surface area contributed by atoms with Crippen molar-refractivity contribution in [2.45, 2.75) is 4.90 Å². The molecule has 1 heterocycles. The van der Waals surface area contributed by atoms with Gasteiger partial charge in [0.05, 0.1) is 23.8 Å². The first-order valence-electron chi connectivity index (χ1n) is 4.48. The van der Waals surface area contributed by atoms with Crippen LogP contribution in [-0.4, -0.2) is 18.8 Å². The van der Waals surface area contributed by atoms with Crippen molar-refractivity contribution in [1.82, 2.24) is 0 Å². The summed E-state index contributed by atoms with van der Waals surface area (Å²) in [5.74, 6) is 1.70. The van der Waals surface area contributed by atoms with Crippen LogP contribution in [-0.2, 0) is 9.53 Å². The first kappa shape index (κ1) is 10.1. The maximum absolute atomic E-state index is 11.0. The van der Waals surface area contributed by atoms with Crippen molar-refractivity contribution in [3.63, 3.8) is 0 Å². The number of para-hydroxylation sites is 1. The third-order valence-electron chi connectivity index (χ3n) is 1.94.